The zero-order valence-electron chi connectivity index (χ0n) is 7.74. The molecule has 1 aromatic carbocycles. The number of rotatable bonds is 3. The third kappa shape index (κ3) is 2.45. The summed E-state index contributed by atoms with van der Waals surface area (Å²) >= 11 is 5.78. The van der Waals surface area contributed by atoms with E-state index in [0.29, 0.717) is 0 Å². The fourth-order valence-corrected chi connectivity index (χ4v) is 2.39. The standard InChI is InChI=1S/C8H10ClNO3S/c1-6-3-4-8(7(9)5-6)14(11,12)10-13-2/h3-5,10H,1-2H3. The van der Waals surface area contributed by atoms with Gasteiger partial charge in [0.2, 0.25) is 0 Å². The van der Waals surface area contributed by atoms with Gasteiger partial charge in [0.15, 0.2) is 0 Å². The number of sulfonamides is 1. The summed E-state index contributed by atoms with van der Waals surface area (Å²) in [5.74, 6) is 0. The highest BCUT2D eigenvalue weighted by Gasteiger charge is 2.16. The van der Waals surface area contributed by atoms with Crippen LogP contribution in [0, 0.1) is 6.92 Å². The van der Waals surface area contributed by atoms with E-state index in [-0.39, 0.29) is 9.92 Å². The lowest BCUT2D eigenvalue weighted by Crippen LogP contribution is -2.22. The largest absolute Gasteiger partial charge is 0.290 e. The molecule has 1 rings (SSSR count). The molecule has 14 heavy (non-hydrogen) atoms. The summed E-state index contributed by atoms with van der Waals surface area (Å²) in [5.41, 5.74) is 0.895. The van der Waals surface area contributed by atoms with Gasteiger partial charge in [-0.25, -0.2) is 8.42 Å². The summed E-state index contributed by atoms with van der Waals surface area (Å²) < 4.78 is 22.9. The molecule has 0 aromatic heterocycles. The van der Waals surface area contributed by atoms with Gasteiger partial charge in [-0.05, 0) is 24.6 Å². The molecular weight excluding hydrogens is 226 g/mol. The van der Waals surface area contributed by atoms with Gasteiger partial charge >= 0.3 is 0 Å². The third-order valence-electron chi connectivity index (χ3n) is 1.57. The minimum atomic E-state index is -3.66. The number of hydrogen-bond donors (Lipinski definition) is 1. The number of benzene rings is 1. The monoisotopic (exact) mass is 235 g/mol. The van der Waals surface area contributed by atoms with Crippen molar-refractivity contribution in [2.75, 3.05) is 7.11 Å². The number of hydrogen-bond acceptors (Lipinski definition) is 3. The maximum atomic E-state index is 11.4. The van der Waals surface area contributed by atoms with Crippen LogP contribution in [0.2, 0.25) is 5.02 Å². The van der Waals surface area contributed by atoms with E-state index in [1.54, 1.807) is 12.1 Å². The van der Waals surface area contributed by atoms with Crippen LogP contribution < -0.4 is 4.89 Å². The first-order chi connectivity index (χ1) is 6.47. The highest BCUT2D eigenvalue weighted by atomic mass is 35.5. The molecule has 0 amide bonds. The summed E-state index contributed by atoms with van der Waals surface area (Å²) in [6.45, 7) is 1.83. The second-order valence-corrected chi connectivity index (χ2v) is 4.75. The van der Waals surface area contributed by atoms with Crippen LogP contribution in [0.3, 0.4) is 0 Å². The van der Waals surface area contributed by atoms with E-state index in [1.165, 1.54) is 13.2 Å². The summed E-state index contributed by atoms with van der Waals surface area (Å²) in [7, 11) is -2.44. The lowest BCUT2D eigenvalue weighted by Gasteiger charge is -2.06. The molecule has 0 saturated heterocycles. The lowest BCUT2D eigenvalue weighted by atomic mass is 10.2. The zero-order chi connectivity index (χ0) is 10.8. The van der Waals surface area contributed by atoms with Crippen LogP contribution >= 0.6 is 11.6 Å². The molecule has 0 aliphatic rings. The van der Waals surface area contributed by atoms with E-state index in [1.807, 2.05) is 11.8 Å². The Labute approximate surface area is 87.8 Å². The van der Waals surface area contributed by atoms with Crippen molar-refractivity contribution in [2.45, 2.75) is 11.8 Å². The smallest absolute Gasteiger partial charge is 0.263 e. The van der Waals surface area contributed by atoms with E-state index < -0.39 is 10.0 Å². The molecule has 1 aromatic rings. The molecular formula is C8H10ClNO3S. The Morgan fingerprint density at radius 3 is 2.57 bits per heavy atom. The second kappa shape index (κ2) is 4.27. The van der Waals surface area contributed by atoms with E-state index in [4.69, 9.17) is 11.6 Å². The number of halogens is 1. The van der Waals surface area contributed by atoms with Gasteiger partial charge in [0.25, 0.3) is 10.0 Å². The van der Waals surface area contributed by atoms with Crippen molar-refractivity contribution in [3.05, 3.63) is 28.8 Å². The predicted molar refractivity (Wildman–Crippen MR) is 53.5 cm³/mol. The summed E-state index contributed by atoms with van der Waals surface area (Å²) in [6.07, 6.45) is 0. The Kier molecular flexibility index (Phi) is 3.49. The van der Waals surface area contributed by atoms with Crippen LogP contribution in [0.4, 0.5) is 0 Å². The molecule has 0 unspecified atom stereocenters. The van der Waals surface area contributed by atoms with E-state index in [0.717, 1.165) is 5.56 Å². The van der Waals surface area contributed by atoms with Crippen molar-refractivity contribution < 1.29 is 13.3 Å². The first-order valence-corrected chi connectivity index (χ1v) is 5.64. The molecule has 0 radical (unpaired) electrons. The van der Waals surface area contributed by atoms with Gasteiger partial charge in [-0.2, -0.15) is 0 Å². The van der Waals surface area contributed by atoms with Gasteiger partial charge in [-0.1, -0.05) is 22.6 Å². The minimum Gasteiger partial charge on any atom is -0.290 e. The molecule has 0 spiro atoms. The van der Waals surface area contributed by atoms with Crippen molar-refractivity contribution >= 4 is 21.6 Å². The molecule has 0 fully saturated rings. The molecule has 1 N–H and O–H groups in total. The number of nitrogens with one attached hydrogen (secondary N) is 1. The van der Waals surface area contributed by atoms with Gasteiger partial charge < -0.3 is 0 Å². The third-order valence-corrected chi connectivity index (χ3v) is 3.32. The molecule has 0 bridgehead atoms. The summed E-state index contributed by atoms with van der Waals surface area (Å²) in [6, 6.07) is 4.67. The minimum absolute atomic E-state index is 0.00613. The average Bonchev–Trinajstić information content (AvgIpc) is 2.02. The number of aryl methyl sites for hydroxylation is 1. The molecule has 0 aliphatic heterocycles. The van der Waals surface area contributed by atoms with Crippen LogP contribution in [0.15, 0.2) is 23.1 Å². The molecule has 0 heterocycles. The van der Waals surface area contributed by atoms with Crippen molar-refractivity contribution in [1.29, 1.82) is 0 Å². The van der Waals surface area contributed by atoms with Gasteiger partial charge in [0.05, 0.1) is 12.1 Å². The first kappa shape index (κ1) is 11.5. The van der Waals surface area contributed by atoms with Crippen molar-refractivity contribution in [3.63, 3.8) is 0 Å². The fourth-order valence-electron chi connectivity index (χ4n) is 0.978. The van der Waals surface area contributed by atoms with Gasteiger partial charge in [0.1, 0.15) is 4.90 Å². The van der Waals surface area contributed by atoms with E-state index in [2.05, 4.69) is 4.84 Å². The Morgan fingerprint density at radius 2 is 2.07 bits per heavy atom. The van der Waals surface area contributed by atoms with Crippen molar-refractivity contribution in [3.8, 4) is 0 Å². The van der Waals surface area contributed by atoms with Gasteiger partial charge in [0, 0.05) is 0 Å². The topological polar surface area (TPSA) is 55.4 Å². The SMILES string of the molecule is CONS(=O)(=O)c1ccc(C)cc1Cl. The van der Waals surface area contributed by atoms with Crippen LogP contribution in [-0.2, 0) is 14.9 Å². The Morgan fingerprint density at radius 1 is 1.43 bits per heavy atom. The second-order valence-electron chi connectivity index (χ2n) is 2.72. The quantitative estimate of drug-likeness (QED) is 0.808. The molecule has 0 aliphatic carbocycles. The van der Waals surface area contributed by atoms with Crippen LogP contribution in [0.1, 0.15) is 5.56 Å². The highest BCUT2D eigenvalue weighted by molar-refractivity contribution is 7.89. The fraction of sp³-hybridized carbons (Fsp3) is 0.250. The van der Waals surface area contributed by atoms with Crippen LogP contribution in [-0.4, -0.2) is 15.5 Å². The van der Waals surface area contributed by atoms with Crippen molar-refractivity contribution in [2.24, 2.45) is 0 Å². The average molecular weight is 236 g/mol. The van der Waals surface area contributed by atoms with Crippen LogP contribution in [0.5, 0.6) is 0 Å². The normalized spacial score (nSPS) is 11.6. The Balaban J connectivity index is 3.20. The van der Waals surface area contributed by atoms with E-state index >= 15 is 0 Å². The molecule has 6 heteroatoms. The van der Waals surface area contributed by atoms with E-state index in [9.17, 15) is 8.42 Å². The molecule has 0 saturated carbocycles. The highest BCUT2D eigenvalue weighted by Crippen LogP contribution is 2.21. The Hall–Kier alpha value is -0.620. The maximum absolute atomic E-state index is 11.4. The van der Waals surface area contributed by atoms with Crippen molar-refractivity contribution in [1.82, 2.24) is 4.89 Å². The summed E-state index contributed by atoms with van der Waals surface area (Å²) in [5, 5.41) is 0.176. The molecule has 4 nitrogen and oxygen atoms in total. The van der Waals surface area contributed by atoms with Crippen LogP contribution in [0.25, 0.3) is 0 Å². The van der Waals surface area contributed by atoms with Gasteiger partial charge in [-0.3, -0.25) is 4.84 Å². The predicted octanol–water partition coefficient (Wildman–Crippen LogP) is 1.49. The molecule has 78 valence electrons. The maximum Gasteiger partial charge on any atom is 0.263 e. The van der Waals surface area contributed by atoms with Gasteiger partial charge in [-0.15, -0.1) is 0 Å². The molecule has 0 atom stereocenters. The summed E-state index contributed by atoms with van der Waals surface area (Å²) in [4.78, 5) is 6.24. The first-order valence-electron chi connectivity index (χ1n) is 3.78. The Bertz CT molecular complexity index is 430. The lowest BCUT2D eigenvalue weighted by molar-refractivity contribution is 0.153. The zero-order valence-corrected chi connectivity index (χ0v) is 9.32.